The van der Waals surface area contributed by atoms with Crippen LogP contribution in [0.1, 0.15) is 72.6 Å². The summed E-state index contributed by atoms with van der Waals surface area (Å²) in [5.74, 6) is 1.64. The molecule has 4 aliphatic carbocycles. The highest BCUT2D eigenvalue weighted by Gasteiger charge is 2.67. The molecule has 0 spiro atoms. The Labute approximate surface area is 151 Å². The van der Waals surface area contributed by atoms with Crippen LogP contribution in [-0.4, -0.2) is 27.7 Å². The topological polar surface area (TPSA) is 57.5 Å². The van der Waals surface area contributed by atoms with E-state index in [2.05, 4.69) is 26.8 Å². The summed E-state index contributed by atoms with van der Waals surface area (Å²) in [5.41, 5.74) is 0.249. The molecule has 4 rings (SSSR count). The summed E-state index contributed by atoms with van der Waals surface area (Å²) in [5, 5.41) is 21.5. The Morgan fingerprint density at radius 1 is 1.20 bits per heavy atom. The summed E-state index contributed by atoms with van der Waals surface area (Å²) in [6.45, 7) is 8.26. The quantitative estimate of drug-likeness (QED) is 0.709. The van der Waals surface area contributed by atoms with Gasteiger partial charge in [0.1, 0.15) is 5.60 Å². The van der Waals surface area contributed by atoms with Crippen LogP contribution in [0.2, 0.25) is 0 Å². The van der Waals surface area contributed by atoms with Gasteiger partial charge in [0.2, 0.25) is 0 Å². The summed E-state index contributed by atoms with van der Waals surface area (Å²) in [6, 6.07) is 0. The van der Waals surface area contributed by atoms with Crippen LogP contribution < -0.4 is 0 Å². The van der Waals surface area contributed by atoms with Crippen molar-refractivity contribution in [2.75, 3.05) is 0 Å². The van der Waals surface area contributed by atoms with E-state index >= 15 is 0 Å². The Kier molecular flexibility index (Phi) is 3.84. The second-order valence-corrected chi connectivity index (χ2v) is 10.1. The molecule has 8 atom stereocenters. The van der Waals surface area contributed by atoms with E-state index in [0.29, 0.717) is 17.8 Å². The number of carbonyl (C=O) groups is 1. The van der Waals surface area contributed by atoms with E-state index in [-0.39, 0.29) is 28.6 Å². The van der Waals surface area contributed by atoms with Crippen LogP contribution in [0.3, 0.4) is 0 Å². The van der Waals surface area contributed by atoms with Crippen molar-refractivity contribution in [2.24, 2.45) is 34.5 Å². The van der Waals surface area contributed by atoms with Gasteiger partial charge in [-0.1, -0.05) is 32.4 Å². The smallest absolute Gasteiger partial charge is 0.162 e. The van der Waals surface area contributed by atoms with Crippen LogP contribution in [0, 0.1) is 34.5 Å². The molecule has 0 aromatic heterocycles. The Bertz CT molecular complexity index is 625. The number of hydrogen-bond acceptors (Lipinski definition) is 3. The van der Waals surface area contributed by atoms with Crippen LogP contribution in [0.5, 0.6) is 0 Å². The lowest BCUT2D eigenvalue weighted by atomic mass is 9.46. The van der Waals surface area contributed by atoms with Crippen LogP contribution in [0.4, 0.5) is 0 Å². The first-order chi connectivity index (χ1) is 11.6. The number of aliphatic hydroxyl groups is 2. The fraction of sp³-hybridized carbons (Fsp3) is 0.864. The molecule has 0 bridgehead atoms. The van der Waals surface area contributed by atoms with E-state index in [4.69, 9.17) is 0 Å². The lowest BCUT2D eigenvalue weighted by Crippen LogP contribution is -2.58. The highest BCUT2D eigenvalue weighted by atomic mass is 16.3. The molecule has 3 heteroatoms. The Morgan fingerprint density at radius 3 is 2.60 bits per heavy atom. The van der Waals surface area contributed by atoms with Crippen LogP contribution in [0.15, 0.2) is 11.6 Å². The zero-order chi connectivity index (χ0) is 18.2. The first-order valence-electron chi connectivity index (χ1n) is 10.3. The molecule has 4 aliphatic rings. The van der Waals surface area contributed by atoms with Crippen molar-refractivity contribution >= 4 is 5.78 Å². The van der Waals surface area contributed by atoms with Gasteiger partial charge in [0, 0.05) is 5.41 Å². The van der Waals surface area contributed by atoms with Gasteiger partial charge in [0.15, 0.2) is 5.78 Å². The highest BCUT2D eigenvalue weighted by molar-refractivity contribution is 5.86. The number of carbonyl (C=O) groups excluding carboxylic acids is 1. The van der Waals surface area contributed by atoms with Gasteiger partial charge in [-0.15, -0.1) is 0 Å². The third kappa shape index (κ3) is 2.09. The van der Waals surface area contributed by atoms with E-state index < -0.39 is 5.60 Å². The molecule has 3 nitrogen and oxygen atoms in total. The zero-order valence-corrected chi connectivity index (χ0v) is 16.2. The molecule has 1 unspecified atom stereocenters. The van der Waals surface area contributed by atoms with Crippen molar-refractivity contribution in [2.45, 2.75) is 84.3 Å². The molecule has 25 heavy (non-hydrogen) atoms. The molecule has 0 aromatic carbocycles. The van der Waals surface area contributed by atoms with Gasteiger partial charge >= 0.3 is 0 Å². The van der Waals surface area contributed by atoms with E-state index in [1.54, 1.807) is 6.92 Å². The third-order valence-corrected chi connectivity index (χ3v) is 9.20. The Morgan fingerprint density at radius 2 is 1.92 bits per heavy atom. The Balaban J connectivity index is 1.72. The van der Waals surface area contributed by atoms with Crippen LogP contribution >= 0.6 is 0 Å². The van der Waals surface area contributed by atoms with Crippen LogP contribution in [0.25, 0.3) is 0 Å². The molecule has 3 saturated carbocycles. The number of hydrogen-bond donors (Lipinski definition) is 2. The van der Waals surface area contributed by atoms with Crippen molar-refractivity contribution in [1.29, 1.82) is 0 Å². The lowest BCUT2D eigenvalue weighted by molar-refractivity contribution is -0.165. The molecular formula is C22H34O3. The number of Topliss-reactive ketones (excluding diaryl/α,β-unsaturated/α-hetero) is 1. The van der Waals surface area contributed by atoms with E-state index in [0.717, 1.165) is 44.9 Å². The number of aliphatic hydroxyl groups excluding tert-OH is 1. The average Bonchev–Trinajstić information content (AvgIpc) is 2.77. The molecule has 0 amide bonds. The Hall–Kier alpha value is -0.670. The maximum atomic E-state index is 12.4. The van der Waals surface area contributed by atoms with Gasteiger partial charge < -0.3 is 10.2 Å². The molecule has 0 radical (unpaired) electrons. The SMILES string of the molecule is CC(=O)[C@@]1(O)[C@@H](C)C[C@H]2[C@@H]3CC=C4CC(O)CC[C@]4(C)[C@H]3CC[C@@]21C. The fourth-order valence-electron chi connectivity index (χ4n) is 7.73. The standard InChI is InChI=1S/C22H34O3/c1-13-11-19-17-6-5-15-12-16(24)7-9-20(15,3)18(17)8-10-21(19,4)22(13,25)14(2)23/h5,13,16-19,24-25H,6-12H2,1-4H3/t13-,16?,17+,18-,19-,20-,21-,22-/m0/s1. The number of fused-ring (bicyclic) bond motifs is 5. The van der Waals surface area contributed by atoms with Gasteiger partial charge in [-0.05, 0) is 81.0 Å². The summed E-state index contributed by atoms with van der Waals surface area (Å²) in [6.07, 6.45) is 9.15. The monoisotopic (exact) mass is 346 g/mol. The normalized spacial score (nSPS) is 55.0. The molecular weight excluding hydrogens is 312 g/mol. The lowest BCUT2D eigenvalue weighted by Gasteiger charge is -2.58. The van der Waals surface area contributed by atoms with Crippen molar-refractivity contribution in [3.05, 3.63) is 11.6 Å². The molecule has 0 saturated heterocycles. The summed E-state index contributed by atoms with van der Waals surface area (Å²) in [7, 11) is 0. The maximum absolute atomic E-state index is 12.4. The third-order valence-electron chi connectivity index (χ3n) is 9.20. The van der Waals surface area contributed by atoms with Gasteiger partial charge in [0.25, 0.3) is 0 Å². The second kappa shape index (κ2) is 5.42. The summed E-state index contributed by atoms with van der Waals surface area (Å²) >= 11 is 0. The minimum atomic E-state index is -1.16. The molecule has 0 aliphatic heterocycles. The maximum Gasteiger partial charge on any atom is 0.162 e. The highest BCUT2D eigenvalue weighted by Crippen LogP contribution is 2.68. The predicted octanol–water partition coefficient (Wildman–Crippen LogP) is 3.88. The number of ketones is 1. The number of allylic oxidation sites excluding steroid dienone is 1. The minimum Gasteiger partial charge on any atom is -0.393 e. The van der Waals surface area contributed by atoms with Crippen molar-refractivity contribution < 1.29 is 15.0 Å². The van der Waals surface area contributed by atoms with Crippen molar-refractivity contribution in [3.63, 3.8) is 0 Å². The predicted molar refractivity (Wildman–Crippen MR) is 97.9 cm³/mol. The molecule has 0 aromatic rings. The molecule has 2 N–H and O–H groups in total. The first-order valence-corrected chi connectivity index (χ1v) is 10.3. The first kappa shape index (κ1) is 17.7. The van der Waals surface area contributed by atoms with Crippen molar-refractivity contribution in [1.82, 2.24) is 0 Å². The van der Waals surface area contributed by atoms with Gasteiger partial charge in [0.05, 0.1) is 6.10 Å². The molecule has 0 heterocycles. The zero-order valence-electron chi connectivity index (χ0n) is 16.2. The van der Waals surface area contributed by atoms with E-state index in [1.165, 1.54) is 5.57 Å². The minimum absolute atomic E-state index is 0.0394. The number of rotatable bonds is 1. The molecule has 140 valence electrons. The van der Waals surface area contributed by atoms with Crippen molar-refractivity contribution in [3.8, 4) is 0 Å². The fourth-order valence-corrected chi connectivity index (χ4v) is 7.73. The summed E-state index contributed by atoms with van der Waals surface area (Å²) < 4.78 is 0. The van der Waals surface area contributed by atoms with Gasteiger partial charge in [-0.25, -0.2) is 0 Å². The van der Waals surface area contributed by atoms with E-state index in [9.17, 15) is 15.0 Å². The van der Waals surface area contributed by atoms with Gasteiger partial charge in [-0.2, -0.15) is 0 Å². The molecule has 3 fully saturated rings. The largest absolute Gasteiger partial charge is 0.393 e. The second-order valence-electron chi connectivity index (χ2n) is 10.1. The van der Waals surface area contributed by atoms with E-state index in [1.807, 2.05) is 0 Å². The average molecular weight is 347 g/mol. The summed E-state index contributed by atoms with van der Waals surface area (Å²) in [4.78, 5) is 12.4. The van der Waals surface area contributed by atoms with Crippen LogP contribution in [-0.2, 0) is 4.79 Å². The van der Waals surface area contributed by atoms with Gasteiger partial charge in [-0.3, -0.25) is 4.79 Å².